The summed E-state index contributed by atoms with van der Waals surface area (Å²) in [6.07, 6.45) is 2.96. The van der Waals surface area contributed by atoms with E-state index in [2.05, 4.69) is 5.32 Å². The van der Waals surface area contributed by atoms with Crippen LogP contribution >= 0.6 is 23.2 Å². The van der Waals surface area contributed by atoms with Gasteiger partial charge in [-0.1, -0.05) is 103 Å². The van der Waals surface area contributed by atoms with Gasteiger partial charge in [0.2, 0.25) is 21.8 Å². The molecule has 0 aliphatic carbocycles. The Morgan fingerprint density at radius 3 is 2.23 bits per heavy atom. The number of nitrogens with one attached hydrogen (secondary N) is 1. The first-order valence-corrected chi connectivity index (χ1v) is 15.7. The lowest BCUT2D eigenvalue weighted by atomic mass is 10.0. The zero-order chi connectivity index (χ0) is 29.3. The second-order valence-electron chi connectivity index (χ2n) is 9.70. The number of carbonyl (C=O) groups is 2. The summed E-state index contributed by atoms with van der Waals surface area (Å²) in [6, 6.07) is 20.8. The molecule has 0 saturated heterocycles. The smallest absolute Gasteiger partial charge is 0.244 e. The van der Waals surface area contributed by atoms with Crippen molar-refractivity contribution in [3.05, 3.63) is 99.5 Å². The Bertz CT molecular complexity index is 1400. The molecular formula is C30H35Cl2N3O4S. The van der Waals surface area contributed by atoms with Crippen molar-refractivity contribution in [2.75, 3.05) is 23.7 Å². The summed E-state index contributed by atoms with van der Waals surface area (Å²) in [4.78, 5) is 29.1. The zero-order valence-corrected chi connectivity index (χ0v) is 25.3. The molecule has 0 aromatic heterocycles. The number of aryl methyl sites for hydroxylation is 1. The minimum atomic E-state index is -3.94. The summed E-state index contributed by atoms with van der Waals surface area (Å²) in [6.45, 7) is 4.02. The number of amides is 2. The number of nitrogens with zero attached hydrogens (tertiary/aromatic N) is 2. The summed E-state index contributed by atoms with van der Waals surface area (Å²) in [7, 11) is -3.94. The third-order valence-corrected chi connectivity index (χ3v) is 8.39. The molecule has 0 radical (unpaired) electrons. The van der Waals surface area contributed by atoms with Gasteiger partial charge in [0.25, 0.3) is 0 Å². The molecule has 0 heterocycles. The highest BCUT2D eigenvalue weighted by Crippen LogP contribution is 2.33. The standard InChI is InChI=1S/C30H35Cl2N3O4S/c1-4-5-18-33-30(37)27(19-23-10-7-6-8-11-23)34(20-24-16-14-22(2)15-17-24)28(36)21-35(40(3,38)39)26-13-9-12-25(31)29(26)32/h6-17,27H,4-5,18-21H2,1-3H3,(H,33,37)/t27-/m1/s1. The fourth-order valence-electron chi connectivity index (χ4n) is 4.23. The van der Waals surface area contributed by atoms with E-state index in [1.807, 2.05) is 68.4 Å². The number of halogens is 2. The molecule has 0 spiro atoms. The summed E-state index contributed by atoms with van der Waals surface area (Å²) in [5.41, 5.74) is 2.83. The minimum Gasteiger partial charge on any atom is -0.354 e. The van der Waals surface area contributed by atoms with E-state index in [0.29, 0.717) is 6.54 Å². The van der Waals surface area contributed by atoms with Gasteiger partial charge in [-0.2, -0.15) is 0 Å². The van der Waals surface area contributed by atoms with E-state index in [1.165, 1.54) is 17.0 Å². The van der Waals surface area contributed by atoms with E-state index in [1.54, 1.807) is 6.07 Å². The lowest BCUT2D eigenvalue weighted by Crippen LogP contribution is -2.53. The third kappa shape index (κ3) is 8.71. The molecule has 7 nitrogen and oxygen atoms in total. The van der Waals surface area contributed by atoms with Crippen molar-refractivity contribution in [1.29, 1.82) is 0 Å². The van der Waals surface area contributed by atoms with Gasteiger partial charge in [0.05, 0.1) is 22.0 Å². The van der Waals surface area contributed by atoms with Crippen molar-refractivity contribution < 1.29 is 18.0 Å². The first-order valence-electron chi connectivity index (χ1n) is 13.1. The van der Waals surface area contributed by atoms with Crippen LogP contribution in [-0.4, -0.2) is 50.5 Å². The third-order valence-electron chi connectivity index (χ3n) is 6.45. The normalized spacial score (nSPS) is 12.0. The predicted octanol–water partition coefficient (Wildman–Crippen LogP) is 5.62. The number of hydrogen-bond acceptors (Lipinski definition) is 4. The number of hydrogen-bond donors (Lipinski definition) is 1. The summed E-state index contributed by atoms with van der Waals surface area (Å²) < 4.78 is 26.7. The van der Waals surface area contributed by atoms with E-state index < -0.39 is 28.5 Å². The molecule has 0 bridgehead atoms. The molecule has 3 aromatic rings. The van der Waals surface area contributed by atoms with E-state index >= 15 is 0 Å². The predicted molar refractivity (Wildman–Crippen MR) is 162 cm³/mol. The summed E-state index contributed by atoms with van der Waals surface area (Å²) in [5, 5.41) is 3.14. The average Bonchev–Trinajstić information content (AvgIpc) is 2.92. The lowest BCUT2D eigenvalue weighted by molar-refractivity contribution is -0.140. The van der Waals surface area contributed by atoms with Crippen LogP contribution in [0.25, 0.3) is 0 Å². The van der Waals surface area contributed by atoms with Crippen molar-refractivity contribution in [2.45, 2.75) is 45.7 Å². The van der Waals surface area contributed by atoms with Crippen molar-refractivity contribution in [3.63, 3.8) is 0 Å². The first-order chi connectivity index (χ1) is 19.0. The van der Waals surface area contributed by atoms with Gasteiger partial charge in [-0.05, 0) is 36.6 Å². The second-order valence-corrected chi connectivity index (χ2v) is 12.4. The highest BCUT2D eigenvalue weighted by Gasteiger charge is 2.33. The molecule has 10 heteroatoms. The minimum absolute atomic E-state index is 0.0191. The van der Waals surface area contributed by atoms with Crippen LogP contribution in [0.4, 0.5) is 5.69 Å². The first kappa shape index (κ1) is 31.5. The second kappa shape index (κ2) is 14.5. The van der Waals surface area contributed by atoms with Crippen LogP contribution < -0.4 is 9.62 Å². The fourth-order valence-corrected chi connectivity index (χ4v) is 5.53. The van der Waals surface area contributed by atoms with Gasteiger partial charge in [-0.25, -0.2) is 8.42 Å². The van der Waals surface area contributed by atoms with Gasteiger partial charge in [0, 0.05) is 19.5 Å². The molecule has 2 amide bonds. The van der Waals surface area contributed by atoms with Gasteiger partial charge < -0.3 is 10.2 Å². The van der Waals surface area contributed by atoms with Crippen LogP contribution in [0.15, 0.2) is 72.8 Å². The number of carbonyl (C=O) groups excluding carboxylic acids is 2. The van der Waals surface area contributed by atoms with Crippen molar-refractivity contribution >= 4 is 50.7 Å². The summed E-state index contributed by atoms with van der Waals surface area (Å²) >= 11 is 12.5. The highest BCUT2D eigenvalue weighted by molar-refractivity contribution is 7.92. The molecule has 214 valence electrons. The Hall–Kier alpha value is -3.07. The number of sulfonamides is 1. The lowest BCUT2D eigenvalue weighted by Gasteiger charge is -2.33. The Morgan fingerprint density at radius 1 is 0.925 bits per heavy atom. The van der Waals surface area contributed by atoms with Gasteiger partial charge in [0.15, 0.2) is 0 Å². The van der Waals surface area contributed by atoms with Crippen molar-refractivity contribution in [2.24, 2.45) is 0 Å². The molecule has 0 unspecified atom stereocenters. The molecular weight excluding hydrogens is 569 g/mol. The van der Waals surface area contributed by atoms with Crippen LogP contribution in [0.5, 0.6) is 0 Å². The van der Waals surface area contributed by atoms with E-state index in [4.69, 9.17) is 23.2 Å². The molecule has 0 fully saturated rings. The summed E-state index contributed by atoms with van der Waals surface area (Å²) in [5.74, 6) is -0.849. The molecule has 0 saturated carbocycles. The van der Waals surface area contributed by atoms with Gasteiger partial charge >= 0.3 is 0 Å². The molecule has 0 aliphatic heterocycles. The number of unbranched alkanes of at least 4 members (excludes halogenated alkanes) is 1. The Labute approximate surface area is 247 Å². The molecule has 0 aliphatic rings. The van der Waals surface area contributed by atoms with Crippen LogP contribution in [0.2, 0.25) is 10.0 Å². The quantitative estimate of drug-likeness (QED) is 0.257. The fraction of sp³-hybridized carbons (Fsp3) is 0.333. The maximum absolute atomic E-state index is 14.1. The Morgan fingerprint density at radius 2 is 1.60 bits per heavy atom. The van der Waals surface area contributed by atoms with E-state index in [-0.39, 0.29) is 34.6 Å². The molecule has 3 aromatic carbocycles. The molecule has 1 N–H and O–H groups in total. The Balaban J connectivity index is 2.05. The molecule has 40 heavy (non-hydrogen) atoms. The van der Waals surface area contributed by atoms with Crippen molar-refractivity contribution in [3.8, 4) is 0 Å². The van der Waals surface area contributed by atoms with Gasteiger partial charge in [0.1, 0.15) is 12.6 Å². The van der Waals surface area contributed by atoms with Gasteiger partial charge in [-0.3, -0.25) is 13.9 Å². The highest BCUT2D eigenvalue weighted by atomic mass is 35.5. The average molecular weight is 605 g/mol. The molecule has 1 atom stereocenters. The maximum atomic E-state index is 14.1. The van der Waals surface area contributed by atoms with E-state index in [9.17, 15) is 18.0 Å². The topological polar surface area (TPSA) is 86.8 Å². The Kier molecular flexibility index (Phi) is 11.4. The van der Waals surface area contributed by atoms with Crippen LogP contribution in [0.1, 0.15) is 36.5 Å². The largest absolute Gasteiger partial charge is 0.354 e. The van der Waals surface area contributed by atoms with Crippen LogP contribution in [-0.2, 0) is 32.6 Å². The zero-order valence-electron chi connectivity index (χ0n) is 22.9. The number of anilines is 1. The van der Waals surface area contributed by atoms with Crippen LogP contribution in [0, 0.1) is 6.92 Å². The molecule has 3 rings (SSSR count). The monoisotopic (exact) mass is 603 g/mol. The SMILES string of the molecule is CCCCNC(=O)[C@@H](Cc1ccccc1)N(Cc1ccc(C)cc1)C(=O)CN(c1cccc(Cl)c1Cl)S(C)(=O)=O. The van der Waals surface area contributed by atoms with Crippen molar-refractivity contribution in [1.82, 2.24) is 10.2 Å². The van der Waals surface area contributed by atoms with E-state index in [0.717, 1.165) is 40.1 Å². The number of rotatable bonds is 13. The van der Waals surface area contributed by atoms with Gasteiger partial charge in [-0.15, -0.1) is 0 Å². The van der Waals surface area contributed by atoms with Crippen LogP contribution in [0.3, 0.4) is 0 Å². The number of benzene rings is 3. The maximum Gasteiger partial charge on any atom is 0.244 e.